The van der Waals surface area contributed by atoms with Crippen LogP contribution in [0.4, 0.5) is 0 Å². The zero-order chi connectivity index (χ0) is 15.8. The van der Waals surface area contributed by atoms with Crippen LogP contribution in [0.1, 0.15) is 58.1 Å². The van der Waals surface area contributed by atoms with Gasteiger partial charge in [-0.3, -0.25) is 4.79 Å². The minimum atomic E-state index is 0.0354. The summed E-state index contributed by atoms with van der Waals surface area (Å²) in [4.78, 5) is 12.3. The molecule has 0 radical (unpaired) electrons. The molecule has 0 fully saturated rings. The van der Waals surface area contributed by atoms with E-state index in [0.29, 0.717) is 0 Å². The molecule has 21 heavy (non-hydrogen) atoms. The van der Waals surface area contributed by atoms with E-state index in [1.165, 1.54) is 0 Å². The Hall–Kier alpha value is -0.870. The summed E-state index contributed by atoms with van der Waals surface area (Å²) in [5.74, 6) is 0.169. The Morgan fingerprint density at radius 1 is 1.24 bits per heavy atom. The van der Waals surface area contributed by atoms with Crippen LogP contribution in [0.15, 0.2) is 28.7 Å². The minimum absolute atomic E-state index is 0.0354. The minimum Gasteiger partial charge on any atom is -0.349 e. The summed E-state index contributed by atoms with van der Waals surface area (Å²) in [5, 5.41) is 3.15. The SMILES string of the molecule is CCC(NC(=O)C(C)CCCC(C)N)c1ccc(Br)cc1. The third kappa shape index (κ3) is 6.62. The van der Waals surface area contributed by atoms with Gasteiger partial charge >= 0.3 is 0 Å². The van der Waals surface area contributed by atoms with Gasteiger partial charge in [0, 0.05) is 16.4 Å². The van der Waals surface area contributed by atoms with Gasteiger partial charge in [0.2, 0.25) is 5.91 Å². The van der Waals surface area contributed by atoms with Gasteiger partial charge in [0.25, 0.3) is 0 Å². The fourth-order valence-corrected chi connectivity index (χ4v) is 2.57. The van der Waals surface area contributed by atoms with Crippen molar-refractivity contribution >= 4 is 21.8 Å². The number of carbonyl (C=O) groups excluding carboxylic acids is 1. The lowest BCUT2D eigenvalue weighted by Crippen LogP contribution is -2.32. The van der Waals surface area contributed by atoms with Crippen molar-refractivity contribution in [1.29, 1.82) is 0 Å². The molecule has 0 aliphatic carbocycles. The molecule has 0 heterocycles. The molecular formula is C17H27BrN2O. The van der Waals surface area contributed by atoms with Crippen LogP contribution in [-0.2, 0) is 4.79 Å². The molecule has 3 atom stereocenters. The second-order valence-electron chi connectivity index (χ2n) is 5.83. The Kier molecular flexibility index (Phi) is 7.97. The Balaban J connectivity index is 2.52. The molecule has 0 aliphatic heterocycles. The quantitative estimate of drug-likeness (QED) is 0.735. The number of hydrogen-bond donors (Lipinski definition) is 2. The number of nitrogens with two attached hydrogens (primary N) is 1. The maximum atomic E-state index is 12.3. The maximum Gasteiger partial charge on any atom is 0.223 e. The van der Waals surface area contributed by atoms with Gasteiger partial charge < -0.3 is 11.1 Å². The highest BCUT2D eigenvalue weighted by atomic mass is 79.9. The molecule has 118 valence electrons. The van der Waals surface area contributed by atoms with Gasteiger partial charge in [-0.05, 0) is 43.9 Å². The van der Waals surface area contributed by atoms with Gasteiger partial charge in [-0.15, -0.1) is 0 Å². The van der Waals surface area contributed by atoms with E-state index in [4.69, 9.17) is 5.73 Å². The Morgan fingerprint density at radius 3 is 2.38 bits per heavy atom. The van der Waals surface area contributed by atoms with Gasteiger partial charge in [0.05, 0.1) is 6.04 Å². The first-order valence-corrected chi connectivity index (χ1v) is 8.54. The van der Waals surface area contributed by atoms with Crippen molar-refractivity contribution in [3.8, 4) is 0 Å². The molecular weight excluding hydrogens is 328 g/mol. The smallest absolute Gasteiger partial charge is 0.223 e. The lowest BCUT2D eigenvalue weighted by molar-refractivity contribution is -0.125. The van der Waals surface area contributed by atoms with E-state index < -0.39 is 0 Å². The van der Waals surface area contributed by atoms with Crippen LogP contribution in [0, 0.1) is 5.92 Å². The normalized spacial score (nSPS) is 15.3. The van der Waals surface area contributed by atoms with Crippen LogP contribution in [0.25, 0.3) is 0 Å². The van der Waals surface area contributed by atoms with Gasteiger partial charge in [-0.25, -0.2) is 0 Å². The lowest BCUT2D eigenvalue weighted by atomic mass is 9.99. The van der Waals surface area contributed by atoms with Gasteiger partial charge in [0.15, 0.2) is 0 Å². The Labute approximate surface area is 136 Å². The molecule has 1 amide bonds. The van der Waals surface area contributed by atoms with Crippen LogP contribution < -0.4 is 11.1 Å². The largest absolute Gasteiger partial charge is 0.349 e. The first-order valence-electron chi connectivity index (χ1n) is 7.75. The summed E-state index contributed by atoms with van der Waals surface area (Å²) in [7, 11) is 0. The van der Waals surface area contributed by atoms with Crippen LogP contribution in [0.5, 0.6) is 0 Å². The van der Waals surface area contributed by atoms with Crippen molar-refractivity contribution < 1.29 is 4.79 Å². The van der Waals surface area contributed by atoms with E-state index in [2.05, 4.69) is 40.3 Å². The van der Waals surface area contributed by atoms with Crippen LogP contribution in [0.3, 0.4) is 0 Å². The van der Waals surface area contributed by atoms with Gasteiger partial charge in [-0.1, -0.05) is 48.3 Å². The van der Waals surface area contributed by atoms with Gasteiger partial charge in [-0.2, -0.15) is 0 Å². The van der Waals surface area contributed by atoms with Crippen molar-refractivity contribution in [2.75, 3.05) is 0 Å². The van der Waals surface area contributed by atoms with E-state index in [-0.39, 0.29) is 23.9 Å². The highest BCUT2D eigenvalue weighted by molar-refractivity contribution is 9.10. The molecule has 0 aromatic heterocycles. The molecule has 0 spiro atoms. The molecule has 1 rings (SSSR count). The van der Waals surface area contributed by atoms with Crippen LogP contribution in [0.2, 0.25) is 0 Å². The number of hydrogen-bond acceptors (Lipinski definition) is 2. The molecule has 0 bridgehead atoms. The average Bonchev–Trinajstić information content (AvgIpc) is 2.45. The number of halogens is 1. The molecule has 0 saturated heterocycles. The zero-order valence-corrected chi connectivity index (χ0v) is 14.8. The Bertz CT molecular complexity index is 431. The third-order valence-corrected chi connectivity index (χ3v) is 4.27. The van der Waals surface area contributed by atoms with E-state index in [1.54, 1.807) is 0 Å². The van der Waals surface area contributed by atoms with Crippen LogP contribution in [-0.4, -0.2) is 11.9 Å². The number of amides is 1. The van der Waals surface area contributed by atoms with E-state index in [9.17, 15) is 4.79 Å². The van der Waals surface area contributed by atoms with E-state index in [0.717, 1.165) is 35.7 Å². The standard InChI is InChI=1S/C17H27BrN2O/c1-4-16(14-8-10-15(18)11-9-14)20-17(21)12(2)6-5-7-13(3)19/h8-13,16H,4-7,19H2,1-3H3,(H,20,21). The highest BCUT2D eigenvalue weighted by Crippen LogP contribution is 2.20. The number of rotatable bonds is 8. The summed E-state index contributed by atoms with van der Waals surface area (Å²) in [6.45, 7) is 6.09. The summed E-state index contributed by atoms with van der Waals surface area (Å²) >= 11 is 3.43. The average molecular weight is 355 g/mol. The predicted octanol–water partition coefficient (Wildman–Crippen LogP) is 4.17. The molecule has 3 unspecified atom stereocenters. The molecule has 3 nitrogen and oxygen atoms in total. The number of carbonyl (C=O) groups is 1. The molecule has 0 saturated carbocycles. The third-order valence-electron chi connectivity index (χ3n) is 3.74. The Morgan fingerprint density at radius 2 is 1.86 bits per heavy atom. The highest BCUT2D eigenvalue weighted by Gasteiger charge is 2.17. The molecule has 0 aliphatic rings. The predicted molar refractivity (Wildman–Crippen MR) is 92.0 cm³/mol. The summed E-state index contributed by atoms with van der Waals surface area (Å²) < 4.78 is 1.05. The topological polar surface area (TPSA) is 55.1 Å². The molecule has 3 N–H and O–H groups in total. The number of nitrogens with one attached hydrogen (secondary N) is 1. The molecule has 1 aromatic rings. The summed E-state index contributed by atoms with van der Waals surface area (Å²) in [5.41, 5.74) is 6.89. The fourth-order valence-electron chi connectivity index (χ4n) is 2.31. The van der Waals surface area contributed by atoms with Crippen molar-refractivity contribution in [1.82, 2.24) is 5.32 Å². The monoisotopic (exact) mass is 354 g/mol. The van der Waals surface area contributed by atoms with Crippen molar-refractivity contribution in [2.24, 2.45) is 11.7 Å². The van der Waals surface area contributed by atoms with Crippen molar-refractivity contribution in [3.63, 3.8) is 0 Å². The summed E-state index contributed by atoms with van der Waals surface area (Å²) in [6.07, 6.45) is 3.76. The lowest BCUT2D eigenvalue weighted by Gasteiger charge is -2.20. The summed E-state index contributed by atoms with van der Waals surface area (Å²) in [6, 6.07) is 8.43. The van der Waals surface area contributed by atoms with E-state index >= 15 is 0 Å². The van der Waals surface area contributed by atoms with Crippen LogP contribution >= 0.6 is 15.9 Å². The first-order chi connectivity index (χ1) is 9.93. The van der Waals surface area contributed by atoms with E-state index in [1.807, 2.05) is 26.0 Å². The van der Waals surface area contributed by atoms with Crippen molar-refractivity contribution in [3.05, 3.63) is 34.3 Å². The first kappa shape index (κ1) is 18.2. The fraction of sp³-hybridized carbons (Fsp3) is 0.588. The van der Waals surface area contributed by atoms with Crippen molar-refractivity contribution in [2.45, 2.75) is 58.5 Å². The molecule has 4 heteroatoms. The molecule has 1 aromatic carbocycles. The van der Waals surface area contributed by atoms with Gasteiger partial charge in [0.1, 0.15) is 0 Å². The second-order valence-corrected chi connectivity index (χ2v) is 6.75. The second kappa shape index (κ2) is 9.21. The maximum absolute atomic E-state index is 12.3. The zero-order valence-electron chi connectivity index (χ0n) is 13.2. The number of benzene rings is 1.